The second-order valence-electron chi connectivity index (χ2n) is 10.7. The molecule has 1 aliphatic heterocycles. The zero-order valence-corrected chi connectivity index (χ0v) is 21.2. The number of nitrogens with zero attached hydrogens (tertiary/aromatic N) is 2. The van der Waals surface area contributed by atoms with Crippen molar-refractivity contribution in [1.82, 2.24) is 15.2 Å². The SMILES string of the molecule is CC(=O)N[C@H]1c2ccccc2C2(CCN(C(=O)C3(c4ccccc4)CC3)CC2)[C@@H]1OCc1ccncc1. The Morgan fingerprint density at radius 3 is 2.30 bits per heavy atom. The molecule has 1 saturated carbocycles. The minimum atomic E-state index is -0.352. The number of rotatable bonds is 6. The third-order valence-electron chi connectivity index (χ3n) is 8.65. The number of carbonyl (C=O) groups excluding carboxylic acids is 2. The number of likely N-dealkylation sites (tertiary alicyclic amines) is 1. The summed E-state index contributed by atoms with van der Waals surface area (Å²) in [6.45, 7) is 3.37. The van der Waals surface area contributed by atoms with Crippen LogP contribution in [-0.2, 0) is 31.8 Å². The quantitative estimate of drug-likeness (QED) is 0.549. The summed E-state index contributed by atoms with van der Waals surface area (Å²) in [7, 11) is 0. The second kappa shape index (κ2) is 9.42. The zero-order chi connectivity index (χ0) is 25.5. The fourth-order valence-electron chi connectivity index (χ4n) is 6.62. The molecule has 2 aromatic carbocycles. The van der Waals surface area contributed by atoms with Crippen LogP contribution in [0.5, 0.6) is 0 Å². The Morgan fingerprint density at radius 2 is 1.62 bits per heavy atom. The highest BCUT2D eigenvalue weighted by Crippen LogP contribution is 2.54. The van der Waals surface area contributed by atoms with E-state index in [2.05, 4.69) is 45.5 Å². The zero-order valence-electron chi connectivity index (χ0n) is 21.2. The first-order chi connectivity index (χ1) is 18.0. The van der Waals surface area contributed by atoms with Crippen LogP contribution >= 0.6 is 0 Å². The molecule has 3 aliphatic rings. The predicted octanol–water partition coefficient (Wildman–Crippen LogP) is 4.45. The van der Waals surface area contributed by atoms with Crippen molar-refractivity contribution in [2.45, 2.75) is 62.2 Å². The van der Waals surface area contributed by atoms with Gasteiger partial charge in [-0.15, -0.1) is 0 Å². The fraction of sp³-hybridized carbons (Fsp3) is 0.387. The van der Waals surface area contributed by atoms with Crippen LogP contribution in [0.15, 0.2) is 79.1 Å². The van der Waals surface area contributed by atoms with Gasteiger partial charge in [-0.2, -0.15) is 0 Å². The van der Waals surface area contributed by atoms with E-state index in [1.54, 1.807) is 19.3 Å². The Labute approximate surface area is 218 Å². The molecule has 0 bridgehead atoms. The summed E-state index contributed by atoms with van der Waals surface area (Å²) in [5.41, 5.74) is 3.93. The molecule has 2 fully saturated rings. The molecule has 0 radical (unpaired) electrons. The van der Waals surface area contributed by atoms with E-state index in [1.807, 2.05) is 36.4 Å². The smallest absolute Gasteiger partial charge is 0.233 e. The molecular formula is C31H33N3O3. The summed E-state index contributed by atoms with van der Waals surface area (Å²) in [4.78, 5) is 32.2. The standard InChI is InChI=1S/C31H33N3O3/c1-22(35)33-27-25-9-5-6-10-26(25)31(28(27)37-21-23-11-17-32-18-12-23)15-19-34(20-16-31)29(36)30(13-14-30)24-7-3-2-4-8-24/h2-12,17-18,27-28H,13-16,19-21H2,1H3,(H,33,35)/t27-,28+/m0/s1. The van der Waals surface area contributed by atoms with Gasteiger partial charge < -0.3 is 15.0 Å². The highest BCUT2D eigenvalue weighted by Gasteiger charge is 2.57. The number of piperidine rings is 1. The van der Waals surface area contributed by atoms with E-state index in [0.29, 0.717) is 19.7 Å². The van der Waals surface area contributed by atoms with Gasteiger partial charge in [-0.05, 0) is 60.1 Å². The average molecular weight is 496 g/mol. The predicted molar refractivity (Wildman–Crippen MR) is 141 cm³/mol. The van der Waals surface area contributed by atoms with Crippen LogP contribution in [0.25, 0.3) is 0 Å². The van der Waals surface area contributed by atoms with Crippen molar-refractivity contribution in [3.8, 4) is 0 Å². The van der Waals surface area contributed by atoms with Crippen molar-refractivity contribution < 1.29 is 14.3 Å². The molecule has 6 heteroatoms. The Balaban J connectivity index is 1.28. The van der Waals surface area contributed by atoms with Crippen molar-refractivity contribution in [3.63, 3.8) is 0 Å². The van der Waals surface area contributed by atoms with Crippen LogP contribution in [0, 0.1) is 0 Å². The maximum atomic E-state index is 13.8. The summed E-state index contributed by atoms with van der Waals surface area (Å²) in [6.07, 6.45) is 6.77. The van der Waals surface area contributed by atoms with Crippen LogP contribution in [0.4, 0.5) is 0 Å². The number of pyridine rings is 1. The molecule has 1 spiro atoms. The molecular weight excluding hydrogens is 462 g/mol. The number of hydrogen-bond donors (Lipinski definition) is 1. The molecule has 6 nitrogen and oxygen atoms in total. The van der Waals surface area contributed by atoms with Crippen molar-refractivity contribution in [3.05, 3.63) is 101 Å². The maximum absolute atomic E-state index is 13.8. The Bertz CT molecular complexity index is 1280. The molecule has 1 aromatic heterocycles. The van der Waals surface area contributed by atoms with Crippen LogP contribution < -0.4 is 5.32 Å². The average Bonchev–Trinajstić information content (AvgIpc) is 3.72. The summed E-state index contributed by atoms with van der Waals surface area (Å²) < 4.78 is 6.68. The molecule has 2 atom stereocenters. The molecule has 6 rings (SSSR count). The van der Waals surface area contributed by atoms with Crippen LogP contribution in [0.2, 0.25) is 0 Å². The number of aromatic nitrogens is 1. The number of fused-ring (bicyclic) bond motifs is 2. The highest BCUT2D eigenvalue weighted by atomic mass is 16.5. The maximum Gasteiger partial charge on any atom is 0.233 e. The van der Waals surface area contributed by atoms with E-state index in [1.165, 1.54) is 5.56 Å². The number of amides is 2. The van der Waals surface area contributed by atoms with Crippen molar-refractivity contribution in [2.75, 3.05) is 13.1 Å². The van der Waals surface area contributed by atoms with Gasteiger partial charge in [0, 0.05) is 37.8 Å². The largest absolute Gasteiger partial charge is 0.370 e. The van der Waals surface area contributed by atoms with E-state index in [4.69, 9.17) is 4.74 Å². The van der Waals surface area contributed by atoms with E-state index in [-0.39, 0.29) is 34.8 Å². The van der Waals surface area contributed by atoms with Gasteiger partial charge in [0.2, 0.25) is 11.8 Å². The Morgan fingerprint density at radius 1 is 0.946 bits per heavy atom. The fourth-order valence-corrected chi connectivity index (χ4v) is 6.62. The minimum Gasteiger partial charge on any atom is -0.370 e. The van der Waals surface area contributed by atoms with Crippen LogP contribution in [0.1, 0.15) is 60.9 Å². The van der Waals surface area contributed by atoms with Crippen LogP contribution in [-0.4, -0.2) is 40.9 Å². The summed E-state index contributed by atoms with van der Waals surface area (Å²) in [6, 6.07) is 22.3. The third kappa shape index (κ3) is 4.13. The highest BCUT2D eigenvalue weighted by molar-refractivity contribution is 5.91. The monoisotopic (exact) mass is 495 g/mol. The lowest BCUT2D eigenvalue weighted by atomic mass is 9.71. The molecule has 2 aliphatic carbocycles. The van der Waals surface area contributed by atoms with Gasteiger partial charge in [-0.3, -0.25) is 14.6 Å². The van der Waals surface area contributed by atoms with Gasteiger partial charge in [0.25, 0.3) is 0 Å². The first-order valence-corrected chi connectivity index (χ1v) is 13.3. The second-order valence-corrected chi connectivity index (χ2v) is 10.7. The minimum absolute atomic E-state index is 0.0690. The van der Waals surface area contributed by atoms with Crippen molar-refractivity contribution >= 4 is 11.8 Å². The number of nitrogens with one attached hydrogen (secondary N) is 1. The Hall–Kier alpha value is -3.51. The molecule has 190 valence electrons. The van der Waals surface area contributed by atoms with E-state index in [0.717, 1.165) is 42.4 Å². The molecule has 37 heavy (non-hydrogen) atoms. The normalized spacial score (nSPS) is 22.9. The van der Waals surface area contributed by atoms with E-state index < -0.39 is 0 Å². The third-order valence-corrected chi connectivity index (χ3v) is 8.65. The van der Waals surface area contributed by atoms with Crippen molar-refractivity contribution in [1.29, 1.82) is 0 Å². The lowest BCUT2D eigenvalue weighted by Crippen LogP contribution is -2.53. The Kier molecular flexibility index (Phi) is 6.07. The topological polar surface area (TPSA) is 71.5 Å². The number of benzene rings is 2. The van der Waals surface area contributed by atoms with Gasteiger partial charge in [-0.25, -0.2) is 0 Å². The molecule has 1 N–H and O–H groups in total. The van der Waals surface area contributed by atoms with E-state index in [9.17, 15) is 9.59 Å². The molecule has 2 amide bonds. The summed E-state index contributed by atoms with van der Waals surface area (Å²) >= 11 is 0. The molecule has 3 aromatic rings. The van der Waals surface area contributed by atoms with Gasteiger partial charge in [0.15, 0.2) is 0 Å². The molecule has 1 saturated heterocycles. The molecule has 0 unspecified atom stereocenters. The van der Waals surface area contributed by atoms with Crippen molar-refractivity contribution in [2.24, 2.45) is 0 Å². The number of hydrogen-bond acceptors (Lipinski definition) is 4. The number of ether oxygens (including phenoxy) is 1. The van der Waals surface area contributed by atoms with Gasteiger partial charge in [0.05, 0.1) is 24.2 Å². The first-order valence-electron chi connectivity index (χ1n) is 13.3. The van der Waals surface area contributed by atoms with Crippen LogP contribution in [0.3, 0.4) is 0 Å². The lowest BCUT2D eigenvalue weighted by Gasteiger charge is -2.45. The summed E-state index contributed by atoms with van der Waals surface area (Å²) in [5, 5.41) is 3.19. The van der Waals surface area contributed by atoms with Gasteiger partial charge >= 0.3 is 0 Å². The summed E-state index contributed by atoms with van der Waals surface area (Å²) in [5.74, 6) is 0.188. The first kappa shape index (κ1) is 23.9. The van der Waals surface area contributed by atoms with E-state index >= 15 is 0 Å². The number of carbonyl (C=O) groups is 2. The van der Waals surface area contributed by atoms with Gasteiger partial charge in [0.1, 0.15) is 0 Å². The molecule has 2 heterocycles. The van der Waals surface area contributed by atoms with Gasteiger partial charge in [-0.1, -0.05) is 54.6 Å². The lowest BCUT2D eigenvalue weighted by molar-refractivity contribution is -0.137.